The Morgan fingerprint density at radius 3 is 1.95 bits per heavy atom. The molecule has 0 aliphatic rings. The highest BCUT2D eigenvalue weighted by Crippen LogP contribution is 2.31. The largest absolute Gasteiger partial charge is 0.293 e. The fraction of sp³-hybridized carbons (Fsp3) is 0.632. The molecular weight excluding hydrogens is 270 g/mol. The van der Waals surface area contributed by atoms with E-state index in [4.69, 9.17) is 0 Å². The van der Waals surface area contributed by atoms with E-state index in [-0.39, 0.29) is 0 Å². The zero-order chi connectivity index (χ0) is 15.4. The summed E-state index contributed by atoms with van der Waals surface area (Å²) in [6.07, 6.45) is 7.44. The van der Waals surface area contributed by atoms with Crippen LogP contribution in [0.1, 0.15) is 52.0 Å². The van der Waals surface area contributed by atoms with Gasteiger partial charge in [-0.2, -0.15) is 0 Å². The monoisotopic (exact) mass is 303 g/mol. The summed E-state index contributed by atoms with van der Waals surface area (Å²) in [5, 5.41) is 0. The lowest BCUT2D eigenvalue weighted by Crippen LogP contribution is -2.33. The predicted molar refractivity (Wildman–Crippen MR) is 99.4 cm³/mol. The fourth-order valence-corrected chi connectivity index (χ4v) is 9.19. The van der Waals surface area contributed by atoms with Gasteiger partial charge in [0.25, 0.3) is 0 Å². The first kappa shape index (κ1) is 18.2. The second-order valence-corrected chi connectivity index (χ2v) is 11.3. The summed E-state index contributed by atoms with van der Waals surface area (Å²) in [6.45, 7) is 8.09. The topological polar surface area (TPSA) is 12.4 Å². The molecule has 21 heavy (non-hydrogen) atoms. The summed E-state index contributed by atoms with van der Waals surface area (Å²) in [4.78, 5) is 4.62. The van der Waals surface area contributed by atoms with E-state index in [1.54, 1.807) is 0 Å². The molecule has 0 N–H and O–H groups in total. The standard InChI is InChI=1S/C19H33NSi/c1-4-14-21(15-5-2,16-6-3)17-10-13-20-18-19-11-8-7-9-12-19/h7-9,11-12,18H,4-6,10,13-17H2,1-3H3/b20-18+. The van der Waals surface area contributed by atoms with Crippen molar-refractivity contribution in [3.05, 3.63) is 35.9 Å². The molecule has 0 fully saturated rings. The molecule has 2 heteroatoms. The second-order valence-electron chi connectivity index (χ2n) is 6.30. The number of rotatable bonds is 11. The minimum Gasteiger partial charge on any atom is -0.293 e. The van der Waals surface area contributed by atoms with Crippen molar-refractivity contribution in [1.82, 2.24) is 0 Å². The molecule has 0 aliphatic heterocycles. The van der Waals surface area contributed by atoms with Crippen LogP contribution in [0.25, 0.3) is 0 Å². The van der Waals surface area contributed by atoms with Crippen LogP contribution in [-0.2, 0) is 0 Å². The fourth-order valence-electron chi connectivity index (χ4n) is 3.60. The molecule has 0 atom stereocenters. The van der Waals surface area contributed by atoms with Crippen LogP contribution >= 0.6 is 0 Å². The van der Waals surface area contributed by atoms with Crippen molar-refractivity contribution < 1.29 is 0 Å². The molecule has 1 nitrogen and oxygen atoms in total. The molecule has 0 saturated carbocycles. The van der Waals surface area contributed by atoms with Crippen LogP contribution in [0.5, 0.6) is 0 Å². The first-order valence-corrected chi connectivity index (χ1v) is 11.6. The first-order chi connectivity index (χ1) is 10.3. The molecule has 0 amide bonds. The maximum Gasteiger partial charge on any atom is 0.0536 e. The molecule has 0 unspecified atom stereocenters. The second kappa shape index (κ2) is 10.8. The Labute approximate surface area is 132 Å². The maximum absolute atomic E-state index is 4.62. The third-order valence-corrected chi connectivity index (χ3v) is 10.5. The van der Waals surface area contributed by atoms with Gasteiger partial charge in [0.1, 0.15) is 0 Å². The van der Waals surface area contributed by atoms with Gasteiger partial charge in [-0.3, -0.25) is 4.99 Å². The van der Waals surface area contributed by atoms with Crippen LogP contribution in [-0.4, -0.2) is 20.8 Å². The van der Waals surface area contributed by atoms with Gasteiger partial charge in [-0.05, 0) is 12.0 Å². The number of hydrogen-bond acceptors (Lipinski definition) is 1. The van der Waals surface area contributed by atoms with Gasteiger partial charge < -0.3 is 0 Å². The van der Waals surface area contributed by atoms with Gasteiger partial charge in [0, 0.05) is 12.8 Å². The van der Waals surface area contributed by atoms with Crippen LogP contribution in [0.2, 0.25) is 24.2 Å². The highest BCUT2D eigenvalue weighted by molar-refractivity contribution is 6.79. The Balaban J connectivity index is 2.43. The van der Waals surface area contributed by atoms with Crippen LogP contribution in [0.4, 0.5) is 0 Å². The number of nitrogens with zero attached hydrogens (tertiary/aromatic N) is 1. The van der Waals surface area contributed by atoms with E-state index in [2.05, 4.69) is 56.1 Å². The highest BCUT2D eigenvalue weighted by Gasteiger charge is 2.28. The third-order valence-electron chi connectivity index (χ3n) is 4.38. The van der Waals surface area contributed by atoms with Crippen molar-refractivity contribution in [1.29, 1.82) is 0 Å². The van der Waals surface area contributed by atoms with Gasteiger partial charge in [0.2, 0.25) is 0 Å². The van der Waals surface area contributed by atoms with Crippen molar-refractivity contribution in [2.45, 2.75) is 70.6 Å². The minimum atomic E-state index is -0.999. The summed E-state index contributed by atoms with van der Waals surface area (Å²) < 4.78 is 0. The predicted octanol–water partition coefficient (Wildman–Crippen LogP) is 6.17. The van der Waals surface area contributed by atoms with E-state index < -0.39 is 8.07 Å². The molecule has 0 bridgehead atoms. The highest BCUT2D eigenvalue weighted by atomic mass is 28.3. The van der Waals surface area contributed by atoms with E-state index in [0.29, 0.717) is 0 Å². The number of aliphatic imine (C=N–C) groups is 1. The van der Waals surface area contributed by atoms with Gasteiger partial charge in [0.05, 0.1) is 8.07 Å². The molecule has 0 saturated heterocycles. The summed E-state index contributed by atoms with van der Waals surface area (Å²) in [7, 11) is -0.999. The molecule has 118 valence electrons. The lowest BCUT2D eigenvalue weighted by molar-refractivity contribution is 0.848. The third kappa shape index (κ3) is 7.08. The van der Waals surface area contributed by atoms with E-state index in [1.807, 2.05) is 6.21 Å². The lowest BCUT2D eigenvalue weighted by atomic mass is 10.2. The summed E-state index contributed by atoms with van der Waals surface area (Å²) >= 11 is 0. The smallest absolute Gasteiger partial charge is 0.0536 e. The molecule has 0 spiro atoms. The van der Waals surface area contributed by atoms with Gasteiger partial charge in [-0.15, -0.1) is 0 Å². The number of benzene rings is 1. The van der Waals surface area contributed by atoms with E-state index in [1.165, 1.54) is 55.4 Å². The van der Waals surface area contributed by atoms with Crippen molar-refractivity contribution in [2.75, 3.05) is 6.54 Å². The Kier molecular flexibility index (Phi) is 9.32. The Hall–Kier alpha value is -0.893. The molecule has 1 aromatic carbocycles. The zero-order valence-corrected chi connectivity index (χ0v) is 15.3. The Morgan fingerprint density at radius 2 is 1.43 bits per heavy atom. The average molecular weight is 304 g/mol. The van der Waals surface area contributed by atoms with Crippen molar-refractivity contribution in [2.24, 2.45) is 4.99 Å². The van der Waals surface area contributed by atoms with Gasteiger partial charge >= 0.3 is 0 Å². The molecule has 1 aromatic rings. The average Bonchev–Trinajstić information content (AvgIpc) is 2.49. The summed E-state index contributed by atoms with van der Waals surface area (Å²) in [5.41, 5.74) is 1.22. The van der Waals surface area contributed by atoms with Crippen LogP contribution in [0, 0.1) is 0 Å². The van der Waals surface area contributed by atoms with Crippen molar-refractivity contribution in [3.63, 3.8) is 0 Å². The number of hydrogen-bond donors (Lipinski definition) is 0. The van der Waals surface area contributed by atoms with Crippen LogP contribution < -0.4 is 0 Å². The van der Waals surface area contributed by atoms with Gasteiger partial charge in [0.15, 0.2) is 0 Å². The lowest BCUT2D eigenvalue weighted by Gasteiger charge is -2.31. The summed E-state index contributed by atoms with van der Waals surface area (Å²) in [5.74, 6) is 0. The maximum atomic E-state index is 4.62. The van der Waals surface area contributed by atoms with E-state index in [0.717, 1.165) is 6.54 Å². The molecule has 0 radical (unpaired) electrons. The van der Waals surface area contributed by atoms with Crippen molar-refractivity contribution >= 4 is 14.3 Å². The van der Waals surface area contributed by atoms with E-state index in [9.17, 15) is 0 Å². The molecular formula is C19H33NSi. The van der Waals surface area contributed by atoms with Gasteiger partial charge in [-0.25, -0.2) is 0 Å². The Morgan fingerprint density at radius 1 is 0.857 bits per heavy atom. The van der Waals surface area contributed by atoms with Crippen LogP contribution in [0.15, 0.2) is 35.3 Å². The normalized spacial score (nSPS) is 12.1. The SMILES string of the molecule is CCC[Si](CCC)(CCC)CCC/N=C/c1ccccc1. The first-order valence-electron chi connectivity index (χ1n) is 8.81. The van der Waals surface area contributed by atoms with Gasteiger partial charge in [-0.1, -0.05) is 94.5 Å². The molecule has 0 aliphatic carbocycles. The zero-order valence-electron chi connectivity index (χ0n) is 14.3. The van der Waals surface area contributed by atoms with Crippen LogP contribution in [0.3, 0.4) is 0 Å². The molecule has 0 aromatic heterocycles. The molecule has 1 rings (SSSR count). The summed E-state index contributed by atoms with van der Waals surface area (Å²) in [6, 6.07) is 16.5. The minimum absolute atomic E-state index is 0.999. The van der Waals surface area contributed by atoms with Crippen molar-refractivity contribution in [3.8, 4) is 0 Å². The van der Waals surface area contributed by atoms with E-state index >= 15 is 0 Å². The Bertz CT molecular complexity index is 369. The molecule has 0 heterocycles. The quantitative estimate of drug-likeness (QED) is 0.263.